The molecule has 3 N–H and O–H groups in total. The van der Waals surface area contributed by atoms with Crippen LogP contribution in [0.3, 0.4) is 0 Å². The van der Waals surface area contributed by atoms with Crippen molar-refractivity contribution in [1.82, 2.24) is 4.90 Å². The minimum Gasteiger partial charge on any atom is -0.395 e. The lowest BCUT2D eigenvalue weighted by Crippen LogP contribution is -2.37. The lowest BCUT2D eigenvalue weighted by atomic mass is 10.2. The fourth-order valence-corrected chi connectivity index (χ4v) is 2.08. The summed E-state index contributed by atoms with van der Waals surface area (Å²) in [4.78, 5) is 2.31. The minimum atomic E-state index is -0.726. The van der Waals surface area contributed by atoms with Gasteiger partial charge < -0.3 is 15.8 Å². The molecule has 1 aromatic carbocycles. The van der Waals surface area contributed by atoms with Gasteiger partial charge in [0.05, 0.1) is 24.6 Å². The average molecular weight is 271 g/mol. The number of anilines is 2. The van der Waals surface area contributed by atoms with E-state index in [4.69, 9.17) is 10.5 Å². The zero-order chi connectivity index (χ0) is 13.7. The van der Waals surface area contributed by atoms with Gasteiger partial charge in [-0.1, -0.05) is 0 Å². The first kappa shape index (κ1) is 14.0. The predicted molar refractivity (Wildman–Crippen MR) is 71.1 cm³/mol. The van der Waals surface area contributed by atoms with Crippen LogP contribution in [0.15, 0.2) is 12.1 Å². The number of nitrogens with two attached hydrogens (primary N) is 1. The fourth-order valence-electron chi connectivity index (χ4n) is 2.08. The third-order valence-electron chi connectivity index (χ3n) is 3.16. The maximum atomic E-state index is 13.2. The van der Waals surface area contributed by atoms with Gasteiger partial charge in [-0.3, -0.25) is 4.90 Å². The van der Waals surface area contributed by atoms with Crippen LogP contribution in [0.1, 0.15) is 6.42 Å². The highest BCUT2D eigenvalue weighted by Crippen LogP contribution is 2.23. The lowest BCUT2D eigenvalue weighted by Gasteiger charge is -2.26. The molecule has 1 heterocycles. The van der Waals surface area contributed by atoms with Crippen molar-refractivity contribution in [1.29, 1.82) is 0 Å². The summed E-state index contributed by atoms with van der Waals surface area (Å²) >= 11 is 0. The fraction of sp³-hybridized carbons (Fsp3) is 0.538. The van der Waals surface area contributed by atoms with Gasteiger partial charge in [0.25, 0.3) is 0 Å². The van der Waals surface area contributed by atoms with Crippen molar-refractivity contribution in [3.05, 3.63) is 23.8 Å². The van der Waals surface area contributed by atoms with Crippen molar-refractivity contribution in [2.75, 3.05) is 50.4 Å². The van der Waals surface area contributed by atoms with Crippen LogP contribution < -0.4 is 11.1 Å². The zero-order valence-electron chi connectivity index (χ0n) is 10.8. The van der Waals surface area contributed by atoms with Crippen molar-refractivity contribution < 1.29 is 13.5 Å². The number of hydrogen-bond donors (Lipinski definition) is 2. The maximum Gasteiger partial charge on any atom is 0.151 e. The summed E-state index contributed by atoms with van der Waals surface area (Å²) < 4.78 is 31.5. The van der Waals surface area contributed by atoms with Gasteiger partial charge >= 0.3 is 0 Å². The van der Waals surface area contributed by atoms with Crippen LogP contribution in [0.25, 0.3) is 0 Å². The molecule has 1 fully saturated rings. The van der Waals surface area contributed by atoms with E-state index >= 15 is 0 Å². The molecule has 0 spiro atoms. The third-order valence-corrected chi connectivity index (χ3v) is 3.16. The SMILES string of the molecule is Nc1c(F)cc(F)cc1NCCCN1CCOCC1. The summed E-state index contributed by atoms with van der Waals surface area (Å²) in [5.41, 5.74) is 5.83. The van der Waals surface area contributed by atoms with Gasteiger partial charge in [-0.2, -0.15) is 0 Å². The summed E-state index contributed by atoms with van der Waals surface area (Å²) in [6.07, 6.45) is 0.886. The van der Waals surface area contributed by atoms with Gasteiger partial charge in [0.15, 0.2) is 5.82 Å². The van der Waals surface area contributed by atoms with E-state index < -0.39 is 11.6 Å². The highest BCUT2D eigenvalue weighted by atomic mass is 19.1. The molecule has 1 aromatic rings. The second-order valence-corrected chi connectivity index (χ2v) is 4.58. The van der Waals surface area contributed by atoms with E-state index in [0.29, 0.717) is 12.2 Å². The Labute approximate surface area is 111 Å². The number of halogens is 2. The first-order chi connectivity index (χ1) is 9.16. The minimum absolute atomic E-state index is 0.0345. The number of nitrogens with one attached hydrogen (secondary N) is 1. The van der Waals surface area contributed by atoms with Crippen LogP contribution in [-0.4, -0.2) is 44.3 Å². The van der Waals surface area contributed by atoms with Crippen molar-refractivity contribution in [2.45, 2.75) is 6.42 Å². The molecule has 6 heteroatoms. The molecule has 0 radical (unpaired) electrons. The molecule has 1 saturated heterocycles. The van der Waals surface area contributed by atoms with Crippen LogP contribution in [0.5, 0.6) is 0 Å². The van der Waals surface area contributed by atoms with Crippen LogP contribution >= 0.6 is 0 Å². The van der Waals surface area contributed by atoms with Gasteiger partial charge in [-0.25, -0.2) is 8.78 Å². The van der Waals surface area contributed by atoms with Gasteiger partial charge in [0.1, 0.15) is 5.82 Å². The van der Waals surface area contributed by atoms with Crippen molar-refractivity contribution in [3.63, 3.8) is 0 Å². The van der Waals surface area contributed by atoms with Crippen LogP contribution in [0.2, 0.25) is 0 Å². The molecule has 2 rings (SSSR count). The van der Waals surface area contributed by atoms with Gasteiger partial charge in [0, 0.05) is 25.7 Å². The van der Waals surface area contributed by atoms with E-state index in [2.05, 4.69) is 10.2 Å². The molecule has 106 valence electrons. The second-order valence-electron chi connectivity index (χ2n) is 4.58. The Hall–Kier alpha value is -1.40. The third kappa shape index (κ3) is 4.04. The smallest absolute Gasteiger partial charge is 0.151 e. The Morgan fingerprint density at radius 2 is 2.00 bits per heavy atom. The molecule has 0 bridgehead atoms. The van der Waals surface area contributed by atoms with Crippen LogP contribution in [-0.2, 0) is 4.74 Å². The molecular weight excluding hydrogens is 252 g/mol. The van der Waals surface area contributed by atoms with E-state index in [9.17, 15) is 8.78 Å². The lowest BCUT2D eigenvalue weighted by molar-refractivity contribution is 0.0378. The highest BCUT2D eigenvalue weighted by Gasteiger charge is 2.10. The van der Waals surface area contributed by atoms with Gasteiger partial charge in [-0.15, -0.1) is 0 Å². The molecule has 0 saturated carbocycles. The molecule has 0 atom stereocenters. The van der Waals surface area contributed by atoms with Gasteiger partial charge in [0.2, 0.25) is 0 Å². The van der Waals surface area contributed by atoms with E-state index in [1.54, 1.807) is 0 Å². The molecular formula is C13H19F2N3O. The number of nitrogens with zero attached hydrogens (tertiary/aromatic N) is 1. The largest absolute Gasteiger partial charge is 0.395 e. The molecule has 0 amide bonds. The Morgan fingerprint density at radius 1 is 1.26 bits per heavy atom. The Morgan fingerprint density at radius 3 is 2.74 bits per heavy atom. The normalized spacial score (nSPS) is 16.5. The average Bonchev–Trinajstić information content (AvgIpc) is 2.41. The molecule has 1 aliphatic heterocycles. The van der Waals surface area contributed by atoms with E-state index in [1.165, 1.54) is 6.07 Å². The van der Waals surface area contributed by atoms with Crippen LogP contribution in [0, 0.1) is 11.6 Å². The van der Waals surface area contributed by atoms with Crippen molar-refractivity contribution in [2.24, 2.45) is 0 Å². The quantitative estimate of drug-likeness (QED) is 0.632. The number of nitrogen functional groups attached to an aromatic ring is 1. The summed E-state index contributed by atoms with van der Waals surface area (Å²) in [7, 11) is 0. The predicted octanol–water partition coefficient (Wildman–Crippen LogP) is 1.68. The monoisotopic (exact) mass is 271 g/mol. The number of ether oxygens (including phenoxy) is 1. The van der Waals surface area contributed by atoms with Crippen molar-refractivity contribution in [3.8, 4) is 0 Å². The molecule has 1 aliphatic rings. The number of rotatable bonds is 5. The number of benzene rings is 1. The molecule has 19 heavy (non-hydrogen) atoms. The topological polar surface area (TPSA) is 50.5 Å². The summed E-state index contributed by atoms with van der Waals surface area (Å²) in [5, 5.41) is 2.97. The first-order valence-corrected chi connectivity index (χ1v) is 6.45. The first-order valence-electron chi connectivity index (χ1n) is 6.45. The number of hydrogen-bond acceptors (Lipinski definition) is 4. The Bertz CT molecular complexity index is 423. The van der Waals surface area contributed by atoms with Crippen molar-refractivity contribution >= 4 is 11.4 Å². The highest BCUT2D eigenvalue weighted by molar-refractivity contribution is 5.66. The summed E-state index contributed by atoms with van der Waals surface area (Å²) in [6.45, 7) is 5.00. The summed E-state index contributed by atoms with van der Waals surface area (Å²) in [6, 6.07) is 2.00. The van der Waals surface area contributed by atoms with Crippen LogP contribution in [0.4, 0.5) is 20.2 Å². The molecule has 0 aromatic heterocycles. The zero-order valence-corrected chi connectivity index (χ0v) is 10.8. The molecule has 4 nitrogen and oxygen atoms in total. The van der Waals surface area contributed by atoms with E-state index in [-0.39, 0.29) is 5.69 Å². The number of morpholine rings is 1. The van der Waals surface area contributed by atoms with E-state index in [1.807, 2.05) is 0 Å². The maximum absolute atomic E-state index is 13.2. The summed E-state index contributed by atoms with van der Waals surface area (Å²) in [5.74, 6) is -1.35. The second kappa shape index (κ2) is 6.68. The van der Waals surface area contributed by atoms with E-state index in [0.717, 1.165) is 45.3 Å². The molecule has 0 unspecified atom stereocenters. The Kier molecular flexibility index (Phi) is 4.93. The molecule has 0 aliphatic carbocycles. The standard InChI is InChI=1S/C13H19F2N3O/c14-10-8-11(15)13(16)12(9-10)17-2-1-3-18-4-6-19-7-5-18/h8-9,17H,1-7,16H2. The van der Waals surface area contributed by atoms with Gasteiger partial charge in [-0.05, 0) is 19.0 Å². The Balaban J connectivity index is 1.76.